The highest BCUT2D eigenvalue weighted by molar-refractivity contribution is 9.09. The second-order valence-corrected chi connectivity index (χ2v) is 5.86. The van der Waals surface area contributed by atoms with Gasteiger partial charge in [-0.25, -0.2) is 0 Å². The van der Waals surface area contributed by atoms with Crippen molar-refractivity contribution in [2.24, 2.45) is 0 Å². The van der Waals surface area contributed by atoms with Crippen LogP contribution in [0.5, 0.6) is 0 Å². The number of ether oxygens (including phenoxy) is 3. The van der Waals surface area contributed by atoms with Gasteiger partial charge in [0, 0.05) is 31.2 Å². The standard InChI is InChI=1S/C13H19BrO4/c1-9(15)17-13-8-12-10(14)4-2-3-6-16-7-5-11(13)18-12/h2-3,10-13H,4-8H2,1H3/b3-2+/t10-,11+,12-,13+/m0/s1. The van der Waals surface area contributed by atoms with Crippen molar-refractivity contribution >= 4 is 21.9 Å². The first-order valence-electron chi connectivity index (χ1n) is 6.36. The van der Waals surface area contributed by atoms with Crippen molar-refractivity contribution in [1.29, 1.82) is 0 Å². The maximum Gasteiger partial charge on any atom is 0.302 e. The van der Waals surface area contributed by atoms with Crippen molar-refractivity contribution in [3.8, 4) is 0 Å². The smallest absolute Gasteiger partial charge is 0.302 e. The highest BCUT2D eigenvalue weighted by atomic mass is 79.9. The topological polar surface area (TPSA) is 44.8 Å². The Bertz CT molecular complexity index is 318. The summed E-state index contributed by atoms with van der Waals surface area (Å²) >= 11 is 3.65. The lowest BCUT2D eigenvalue weighted by Gasteiger charge is -2.18. The molecule has 4 nitrogen and oxygen atoms in total. The van der Waals surface area contributed by atoms with Gasteiger partial charge in [0.25, 0.3) is 0 Å². The fourth-order valence-corrected chi connectivity index (χ4v) is 2.93. The van der Waals surface area contributed by atoms with Gasteiger partial charge >= 0.3 is 5.97 Å². The lowest BCUT2D eigenvalue weighted by Crippen LogP contribution is -2.27. The number of hydrogen-bond acceptors (Lipinski definition) is 4. The quantitative estimate of drug-likeness (QED) is 0.422. The number of carbonyl (C=O) groups is 1. The largest absolute Gasteiger partial charge is 0.460 e. The molecule has 0 aromatic rings. The Labute approximate surface area is 116 Å². The van der Waals surface area contributed by atoms with Crippen LogP contribution >= 0.6 is 15.9 Å². The maximum absolute atomic E-state index is 11.1. The summed E-state index contributed by atoms with van der Waals surface area (Å²) in [6.07, 6.45) is 6.47. The first-order valence-corrected chi connectivity index (χ1v) is 7.28. The molecule has 0 spiro atoms. The van der Waals surface area contributed by atoms with Gasteiger partial charge in [-0.15, -0.1) is 0 Å². The molecule has 2 aliphatic rings. The minimum atomic E-state index is -0.242. The molecule has 0 radical (unpaired) electrons. The number of halogens is 1. The SMILES string of the molecule is CC(=O)O[C@@H]1C[C@@H]2O[C@@H]1CCOC/C=C/C[C@@H]2Br. The van der Waals surface area contributed by atoms with Crippen molar-refractivity contribution < 1.29 is 19.0 Å². The predicted molar refractivity (Wildman–Crippen MR) is 70.7 cm³/mol. The average molecular weight is 319 g/mol. The fraction of sp³-hybridized carbons (Fsp3) is 0.769. The second-order valence-electron chi connectivity index (χ2n) is 4.68. The average Bonchev–Trinajstić information content (AvgIpc) is 2.67. The van der Waals surface area contributed by atoms with Gasteiger partial charge in [0.1, 0.15) is 6.10 Å². The highest BCUT2D eigenvalue weighted by Crippen LogP contribution is 2.32. The van der Waals surface area contributed by atoms with E-state index in [4.69, 9.17) is 14.2 Å². The molecule has 0 aromatic heterocycles. The van der Waals surface area contributed by atoms with Crippen molar-refractivity contribution in [3.05, 3.63) is 12.2 Å². The first-order chi connectivity index (χ1) is 8.66. The van der Waals surface area contributed by atoms with E-state index in [0.717, 1.165) is 19.3 Å². The zero-order chi connectivity index (χ0) is 13.0. The molecule has 5 heteroatoms. The van der Waals surface area contributed by atoms with Crippen LogP contribution in [0.15, 0.2) is 12.2 Å². The van der Waals surface area contributed by atoms with E-state index in [1.54, 1.807) is 0 Å². The number of esters is 1. The molecule has 1 fully saturated rings. The molecule has 2 aliphatic heterocycles. The molecule has 102 valence electrons. The predicted octanol–water partition coefficient (Wildman–Crippen LogP) is 2.21. The van der Waals surface area contributed by atoms with Crippen LogP contribution in [-0.2, 0) is 19.0 Å². The Hall–Kier alpha value is -0.390. The van der Waals surface area contributed by atoms with Crippen molar-refractivity contribution in [1.82, 2.24) is 0 Å². The van der Waals surface area contributed by atoms with Gasteiger partial charge < -0.3 is 14.2 Å². The van der Waals surface area contributed by atoms with Gasteiger partial charge in [0.05, 0.1) is 18.8 Å². The summed E-state index contributed by atoms with van der Waals surface area (Å²) < 4.78 is 16.8. The molecule has 0 amide bonds. The summed E-state index contributed by atoms with van der Waals surface area (Å²) in [5.74, 6) is -0.242. The molecule has 0 unspecified atom stereocenters. The van der Waals surface area contributed by atoms with E-state index in [2.05, 4.69) is 22.0 Å². The minimum absolute atomic E-state index is 0.0444. The number of carbonyl (C=O) groups excluding carboxylic acids is 1. The van der Waals surface area contributed by atoms with Gasteiger partial charge in [0.15, 0.2) is 0 Å². The summed E-state index contributed by atoms with van der Waals surface area (Å²) in [6, 6.07) is 0. The van der Waals surface area contributed by atoms with Crippen molar-refractivity contribution in [3.63, 3.8) is 0 Å². The van der Waals surface area contributed by atoms with E-state index >= 15 is 0 Å². The Morgan fingerprint density at radius 1 is 1.39 bits per heavy atom. The van der Waals surface area contributed by atoms with Crippen LogP contribution in [0.25, 0.3) is 0 Å². The molecule has 2 bridgehead atoms. The number of alkyl halides is 1. The monoisotopic (exact) mass is 318 g/mol. The van der Waals surface area contributed by atoms with E-state index < -0.39 is 0 Å². The lowest BCUT2D eigenvalue weighted by molar-refractivity contribution is -0.149. The summed E-state index contributed by atoms with van der Waals surface area (Å²) in [4.78, 5) is 11.4. The molecule has 18 heavy (non-hydrogen) atoms. The molecule has 2 rings (SSSR count). The molecule has 1 saturated heterocycles. The maximum atomic E-state index is 11.1. The van der Waals surface area contributed by atoms with Gasteiger partial charge in [-0.2, -0.15) is 0 Å². The fourth-order valence-electron chi connectivity index (χ4n) is 2.37. The Morgan fingerprint density at radius 2 is 2.22 bits per heavy atom. The van der Waals surface area contributed by atoms with Crippen molar-refractivity contribution in [2.45, 2.75) is 49.3 Å². The third kappa shape index (κ3) is 3.80. The third-order valence-electron chi connectivity index (χ3n) is 3.24. The van der Waals surface area contributed by atoms with E-state index in [1.807, 2.05) is 6.08 Å². The summed E-state index contributed by atoms with van der Waals surface area (Å²) in [7, 11) is 0. The molecule has 0 saturated carbocycles. The summed E-state index contributed by atoms with van der Waals surface area (Å²) in [5.41, 5.74) is 0. The highest BCUT2D eigenvalue weighted by Gasteiger charge is 2.39. The van der Waals surface area contributed by atoms with E-state index in [1.165, 1.54) is 6.92 Å². The van der Waals surface area contributed by atoms with Crippen LogP contribution in [0.1, 0.15) is 26.2 Å². The van der Waals surface area contributed by atoms with Gasteiger partial charge in [-0.3, -0.25) is 4.79 Å². The zero-order valence-electron chi connectivity index (χ0n) is 10.5. The Kier molecular flexibility index (Phi) is 5.21. The van der Waals surface area contributed by atoms with Crippen LogP contribution in [0, 0.1) is 0 Å². The second kappa shape index (κ2) is 6.68. The molecule has 0 aromatic carbocycles. The molecule has 0 aliphatic carbocycles. The number of fused-ring (bicyclic) bond motifs is 2. The number of rotatable bonds is 1. The van der Waals surface area contributed by atoms with Crippen LogP contribution in [0.4, 0.5) is 0 Å². The van der Waals surface area contributed by atoms with Gasteiger partial charge in [0.2, 0.25) is 0 Å². The normalized spacial score (nSPS) is 38.8. The molecule has 0 N–H and O–H groups in total. The van der Waals surface area contributed by atoms with Crippen molar-refractivity contribution in [2.75, 3.05) is 13.2 Å². The van der Waals surface area contributed by atoms with E-state index in [0.29, 0.717) is 13.2 Å². The van der Waals surface area contributed by atoms with Gasteiger partial charge in [-0.1, -0.05) is 28.1 Å². The molecule has 2 heterocycles. The molecule has 4 atom stereocenters. The van der Waals surface area contributed by atoms with Gasteiger partial charge in [-0.05, 0) is 6.42 Å². The summed E-state index contributed by atoms with van der Waals surface area (Å²) in [5, 5.41) is 0. The lowest BCUT2D eigenvalue weighted by atomic mass is 10.1. The number of allylic oxidation sites excluding steroid dienone is 1. The first kappa shape index (κ1) is 14.0. The van der Waals surface area contributed by atoms with Crippen LogP contribution in [-0.4, -0.2) is 42.3 Å². The van der Waals surface area contributed by atoms with Crippen LogP contribution in [0.3, 0.4) is 0 Å². The Morgan fingerprint density at radius 3 is 3.00 bits per heavy atom. The molecular weight excluding hydrogens is 300 g/mol. The number of hydrogen-bond donors (Lipinski definition) is 0. The zero-order valence-corrected chi connectivity index (χ0v) is 12.1. The van der Waals surface area contributed by atoms with E-state index in [9.17, 15) is 4.79 Å². The van der Waals surface area contributed by atoms with E-state index in [-0.39, 0.29) is 29.1 Å². The third-order valence-corrected chi connectivity index (χ3v) is 4.20. The van der Waals surface area contributed by atoms with Crippen LogP contribution < -0.4 is 0 Å². The Balaban J connectivity index is 2.02. The minimum Gasteiger partial charge on any atom is -0.460 e. The summed E-state index contributed by atoms with van der Waals surface area (Å²) in [6.45, 7) is 2.71. The molecular formula is C13H19BrO4. The van der Waals surface area contributed by atoms with Crippen LogP contribution in [0.2, 0.25) is 0 Å².